The number of aromatic nitrogens is 3. The van der Waals surface area contributed by atoms with Crippen LogP contribution >= 0.6 is 0 Å². The molecule has 3 nitrogen and oxygen atoms in total. The van der Waals surface area contributed by atoms with E-state index in [-0.39, 0.29) is 5.41 Å². The molecule has 3 heteroatoms. The molecular formula is C12H21N3. The van der Waals surface area contributed by atoms with Gasteiger partial charge in [-0.15, -0.1) is 10.2 Å². The molecule has 0 saturated heterocycles. The minimum Gasteiger partial charge on any atom is -0.317 e. The first kappa shape index (κ1) is 10.7. The Hall–Kier alpha value is -0.860. The topological polar surface area (TPSA) is 30.7 Å². The van der Waals surface area contributed by atoms with Crippen molar-refractivity contribution in [3.05, 3.63) is 12.2 Å². The number of aryl methyl sites for hydroxylation is 1. The van der Waals surface area contributed by atoms with E-state index in [1.54, 1.807) is 0 Å². The van der Waals surface area contributed by atoms with Crippen LogP contribution in [-0.4, -0.2) is 14.8 Å². The lowest BCUT2D eigenvalue weighted by molar-refractivity contribution is 0.293. The Morgan fingerprint density at radius 2 is 2.07 bits per heavy atom. The Morgan fingerprint density at radius 1 is 1.33 bits per heavy atom. The zero-order valence-corrected chi connectivity index (χ0v) is 9.87. The molecule has 0 atom stereocenters. The smallest absolute Gasteiger partial charge is 0.138 e. The predicted molar refractivity (Wildman–Crippen MR) is 60.8 cm³/mol. The third-order valence-corrected chi connectivity index (χ3v) is 3.58. The van der Waals surface area contributed by atoms with Gasteiger partial charge in [0.05, 0.1) is 0 Å². The van der Waals surface area contributed by atoms with Crippen LogP contribution in [0.1, 0.15) is 58.2 Å². The highest BCUT2D eigenvalue weighted by atomic mass is 15.3. The summed E-state index contributed by atoms with van der Waals surface area (Å²) in [6.45, 7) is 5.60. The summed E-state index contributed by atoms with van der Waals surface area (Å²) in [6.07, 6.45) is 9.66. The second-order valence-electron chi connectivity index (χ2n) is 4.97. The zero-order chi connectivity index (χ0) is 10.7. The van der Waals surface area contributed by atoms with Gasteiger partial charge in [0.15, 0.2) is 0 Å². The van der Waals surface area contributed by atoms with Gasteiger partial charge in [0.2, 0.25) is 0 Å². The van der Waals surface area contributed by atoms with Crippen LogP contribution < -0.4 is 0 Å². The highest BCUT2D eigenvalue weighted by Gasteiger charge is 2.33. The molecule has 0 bridgehead atoms. The summed E-state index contributed by atoms with van der Waals surface area (Å²) < 4.78 is 2.24. The summed E-state index contributed by atoms with van der Waals surface area (Å²) in [5.74, 6) is 1.21. The second kappa shape index (κ2) is 4.33. The molecule has 1 aliphatic carbocycles. The number of hydrogen-bond donors (Lipinski definition) is 0. The summed E-state index contributed by atoms with van der Waals surface area (Å²) in [4.78, 5) is 0. The molecule has 0 spiro atoms. The summed E-state index contributed by atoms with van der Waals surface area (Å²) >= 11 is 0. The monoisotopic (exact) mass is 207 g/mol. The van der Waals surface area contributed by atoms with Crippen molar-refractivity contribution in [2.75, 3.05) is 0 Å². The molecule has 1 aliphatic rings. The summed E-state index contributed by atoms with van der Waals surface area (Å²) in [5, 5.41) is 8.42. The second-order valence-corrected chi connectivity index (χ2v) is 4.97. The van der Waals surface area contributed by atoms with E-state index < -0.39 is 0 Å². The van der Waals surface area contributed by atoms with Crippen LogP contribution in [0.15, 0.2) is 6.33 Å². The molecule has 0 aliphatic heterocycles. The minimum atomic E-state index is 0.282. The van der Waals surface area contributed by atoms with Gasteiger partial charge in [-0.2, -0.15) is 0 Å². The van der Waals surface area contributed by atoms with Crippen LogP contribution in [0.4, 0.5) is 0 Å². The van der Waals surface area contributed by atoms with Crippen LogP contribution in [0.3, 0.4) is 0 Å². The van der Waals surface area contributed by atoms with Crippen molar-refractivity contribution in [3.63, 3.8) is 0 Å². The first-order valence-corrected chi connectivity index (χ1v) is 6.14. The average Bonchev–Trinajstić information content (AvgIpc) is 2.68. The minimum absolute atomic E-state index is 0.282. The molecule has 2 rings (SSSR count). The molecule has 1 aromatic heterocycles. The lowest BCUT2D eigenvalue weighted by Crippen LogP contribution is -2.29. The molecule has 1 fully saturated rings. The fraction of sp³-hybridized carbons (Fsp3) is 0.833. The number of nitrogens with zero attached hydrogens (tertiary/aromatic N) is 3. The normalized spacial score (nSPS) is 20.4. The molecule has 0 radical (unpaired) electrons. The number of rotatable bonds is 3. The van der Waals surface area contributed by atoms with Crippen molar-refractivity contribution < 1.29 is 0 Å². The number of hydrogen-bond acceptors (Lipinski definition) is 2. The third-order valence-electron chi connectivity index (χ3n) is 3.58. The van der Waals surface area contributed by atoms with Crippen molar-refractivity contribution in [3.8, 4) is 0 Å². The molecule has 15 heavy (non-hydrogen) atoms. The summed E-state index contributed by atoms with van der Waals surface area (Å²) in [5.41, 5.74) is 0.282. The van der Waals surface area contributed by atoms with Crippen molar-refractivity contribution >= 4 is 0 Å². The van der Waals surface area contributed by atoms with Crippen molar-refractivity contribution in [1.82, 2.24) is 14.8 Å². The van der Waals surface area contributed by atoms with Gasteiger partial charge < -0.3 is 4.57 Å². The van der Waals surface area contributed by atoms with Gasteiger partial charge in [0, 0.05) is 12.0 Å². The summed E-state index contributed by atoms with van der Waals surface area (Å²) in [6, 6.07) is 0. The van der Waals surface area contributed by atoms with Crippen molar-refractivity contribution in [2.45, 2.75) is 64.3 Å². The van der Waals surface area contributed by atoms with Gasteiger partial charge in [0.1, 0.15) is 12.2 Å². The van der Waals surface area contributed by atoms with Gasteiger partial charge in [-0.3, -0.25) is 0 Å². The largest absolute Gasteiger partial charge is 0.317 e. The van der Waals surface area contributed by atoms with E-state index in [0.29, 0.717) is 0 Å². The van der Waals surface area contributed by atoms with Crippen molar-refractivity contribution in [1.29, 1.82) is 0 Å². The Morgan fingerprint density at radius 3 is 2.73 bits per heavy atom. The standard InChI is InChI=1S/C12H21N3/c1-3-9-15-10-13-14-11(15)12(2)7-5-4-6-8-12/h10H,3-9H2,1-2H3. The summed E-state index contributed by atoms with van der Waals surface area (Å²) in [7, 11) is 0. The lowest BCUT2D eigenvalue weighted by atomic mass is 9.75. The van der Waals surface area contributed by atoms with E-state index in [4.69, 9.17) is 0 Å². The highest BCUT2D eigenvalue weighted by Crippen LogP contribution is 2.37. The zero-order valence-electron chi connectivity index (χ0n) is 9.87. The van der Waals surface area contributed by atoms with E-state index in [9.17, 15) is 0 Å². The Balaban J connectivity index is 2.22. The average molecular weight is 207 g/mol. The Bertz CT molecular complexity index is 310. The maximum absolute atomic E-state index is 4.34. The molecule has 0 amide bonds. The van der Waals surface area contributed by atoms with E-state index >= 15 is 0 Å². The van der Waals surface area contributed by atoms with Crippen molar-refractivity contribution in [2.24, 2.45) is 0 Å². The fourth-order valence-corrected chi connectivity index (χ4v) is 2.68. The third kappa shape index (κ3) is 2.06. The van der Waals surface area contributed by atoms with Crippen LogP contribution in [0.25, 0.3) is 0 Å². The quantitative estimate of drug-likeness (QED) is 0.763. The maximum atomic E-state index is 4.34. The van der Waals surface area contributed by atoms with Gasteiger partial charge in [0.25, 0.3) is 0 Å². The van der Waals surface area contributed by atoms with Gasteiger partial charge in [-0.05, 0) is 19.3 Å². The van der Waals surface area contributed by atoms with Gasteiger partial charge >= 0.3 is 0 Å². The Kier molecular flexibility index (Phi) is 3.08. The molecule has 0 aromatic carbocycles. The molecule has 0 N–H and O–H groups in total. The van der Waals surface area contributed by atoms with E-state index in [2.05, 4.69) is 28.6 Å². The molecule has 1 saturated carbocycles. The first-order valence-electron chi connectivity index (χ1n) is 6.14. The van der Waals surface area contributed by atoms with E-state index in [0.717, 1.165) is 13.0 Å². The van der Waals surface area contributed by atoms with E-state index in [1.165, 1.54) is 37.9 Å². The SMILES string of the molecule is CCCn1cnnc1C1(C)CCCCC1. The molecule has 1 aromatic rings. The first-order chi connectivity index (χ1) is 7.26. The van der Waals surface area contributed by atoms with Crippen LogP contribution in [0.5, 0.6) is 0 Å². The van der Waals surface area contributed by atoms with Crippen LogP contribution in [0, 0.1) is 0 Å². The lowest BCUT2D eigenvalue weighted by Gasteiger charge is -2.32. The molecule has 1 heterocycles. The van der Waals surface area contributed by atoms with Crippen LogP contribution in [0.2, 0.25) is 0 Å². The highest BCUT2D eigenvalue weighted by molar-refractivity contribution is 5.07. The maximum Gasteiger partial charge on any atom is 0.138 e. The van der Waals surface area contributed by atoms with Crippen LogP contribution in [-0.2, 0) is 12.0 Å². The Labute approximate surface area is 91.9 Å². The molecule has 0 unspecified atom stereocenters. The van der Waals surface area contributed by atoms with E-state index in [1.807, 2.05) is 6.33 Å². The van der Waals surface area contributed by atoms with Gasteiger partial charge in [-0.25, -0.2) is 0 Å². The fourth-order valence-electron chi connectivity index (χ4n) is 2.68. The predicted octanol–water partition coefficient (Wildman–Crippen LogP) is 2.91. The molecule has 84 valence electrons. The molecular weight excluding hydrogens is 186 g/mol. The van der Waals surface area contributed by atoms with Gasteiger partial charge in [-0.1, -0.05) is 33.1 Å².